The Balaban J connectivity index is 2.36. The van der Waals surface area contributed by atoms with E-state index in [0.717, 1.165) is 6.33 Å². The van der Waals surface area contributed by atoms with Crippen LogP contribution in [-0.2, 0) is 19.6 Å². The molecule has 2 rings (SSSR count). The molecule has 0 bridgehead atoms. The lowest BCUT2D eigenvalue weighted by atomic mass is 10.2. The summed E-state index contributed by atoms with van der Waals surface area (Å²) in [5, 5.41) is 0. The number of alkyl halides is 3. The predicted molar refractivity (Wildman–Crippen MR) is 49.6 cm³/mol. The number of rotatable bonds is 2. The topological polar surface area (TPSA) is 46.5 Å². The largest absolute Gasteiger partial charge is 0.435 e. The number of H-pyrrole nitrogens is 1. The van der Waals surface area contributed by atoms with E-state index in [1.807, 2.05) is 0 Å². The first-order valence-electron chi connectivity index (χ1n) is 4.54. The molecule has 0 fully saturated rings. The minimum atomic E-state index is -4.43. The van der Waals surface area contributed by atoms with Crippen LogP contribution in [0.4, 0.5) is 13.2 Å². The summed E-state index contributed by atoms with van der Waals surface area (Å²) in [6.45, 7) is 0. The third kappa shape index (κ3) is 1.93. The molecule has 0 saturated heterocycles. The van der Waals surface area contributed by atoms with E-state index >= 15 is 0 Å². The van der Waals surface area contributed by atoms with E-state index in [0.29, 0.717) is 5.82 Å². The van der Waals surface area contributed by atoms with Crippen molar-refractivity contribution in [2.75, 3.05) is 0 Å². The third-order valence-corrected chi connectivity index (χ3v) is 2.22. The van der Waals surface area contributed by atoms with Crippen molar-refractivity contribution in [1.29, 1.82) is 0 Å². The summed E-state index contributed by atoms with van der Waals surface area (Å²) >= 11 is 0. The monoisotopic (exact) mass is 230 g/mol. The van der Waals surface area contributed by atoms with Crippen molar-refractivity contribution in [1.82, 2.24) is 19.5 Å². The van der Waals surface area contributed by atoms with Crippen LogP contribution in [-0.4, -0.2) is 19.5 Å². The molecule has 0 amide bonds. The SMILES string of the molecule is Cn1cnc(C(F)(F)F)c1Cc1ncc[nH]1. The first-order valence-corrected chi connectivity index (χ1v) is 4.54. The summed E-state index contributed by atoms with van der Waals surface area (Å²) in [5.74, 6) is 0.481. The number of aromatic nitrogens is 4. The first kappa shape index (κ1) is 10.7. The molecule has 2 aromatic heterocycles. The number of nitrogens with one attached hydrogen (secondary N) is 1. The second kappa shape index (κ2) is 3.66. The van der Waals surface area contributed by atoms with Gasteiger partial charge >= 0.3 is 6.18 Å². The van der Waals surface area contributed by atoms with E-state index in [9.17, 15) is 13.2 Å². The van der Waals surface area contributed by atoms with Crippen molar-refractivity contribution in [3.63, 3.8) is 0 Å². The molecule has 0 atom stereocenters. The van der Waals surface area contributed by atoms with Gasteiger partial charge < -0.3 is 9.55 Å². The van der Waals surface area contributed by atoms with Crippen molar-refractivity contribution in [2.45, 2.75) is 12.6 Å². The Labute approximate surface area is 89.1 Å². The summed E-state index contributed by atoms with van der Waals surface area (Å²) in [6.07, 6.45) is -0.124. The van der Waals surface area contributed by atoms with Crippen LogP contribution >= 0.6 is 0 Å². The van der Waals surface area contributed by atoms with Crippen molar-refractivity contribution in [2.24, 2.45) is 7.05 Å². The van der Waals surface area contributed by atoms with Crippen molar-refractivity contribution in [3.8, 4) is 0 Å². The van der Waals surface area contributed by atoms with Gasteiger partial charge in [0.25, 0.3) is 0 Å². The highest BCUT2D eigenvalue weighted by molar-refractivity contribution is 5.20. The first-order chi connectivity index (χ1) is 7.48. The summed E-state index contributed by atoms with van der Waals surface area (Å²) in [4.78, 5) is 10.0. The Morgan fingerprint density at radius 1 is 1.38 bits per heavy atom. The highest BCUT2D eigenvalue weighted by Crippen LogP contribution is 2.31. The summed E-state index contributed by atoms with van der Waals surface area (Å²) in [5.41, 5.74) is -0.756. The fourth-order valence-electron chi connectivity index (χ4n) is 1.45. The van der Waals surface area contributed by atoms with Crippen LogP contribution in [0.1, 0.15) is 17.2 Å². The number of aryl methyl sites for hydroxylation is 1. The van der Waals surface area contributed by atoms with E-state index in [-0.39, 0.29) is 12.1 Å². The number of halogens is 3. The molecule has 0 aliphatic heterocycles. The predicted octanol–water partition coefficient (Wildman–Crippen LogP) is 1.75. The standard InChI is InChI=1S/C9H9F3N4/c1-16-5-15-8(9(10,11)12)6(16)4-7-13-2-3-14-7/h2-3,5H,4H2,1H3,(H,13,14). The van der Waals surface area contributed by atoms with E-state index < -0.39 is 11.9 Å². The lowest BCUT2D eigenvalue weighted by Crippen LogP contribution is -2.11. The number of hydrogen-bond donors (Lipinski definition) is 1. The minimum Gasteiger partial charge on any atom is -0.348 e. The Bertz CT molecular complexity index is 469. The van der Waals surface area contributed by atoms with Crippen LogP contribution in [0.5, 0.6) is 0 Å². The molecule has 0 aliphatic rings. The molecular formula is C9H9F3N4. The van der Waals surface area contributed by atoms with Gasteiger partial charge in [-0.1, -0.05) is 0 Å². The normalized spacial score (nSPS) is 12.0. The van der Waals surface area contributed by atoms with Gasteiger partial charge in [-0.05, 0) is 0 Å². The maximum absolute atomic E-state index is 12.6. The average molecular weight is 230 g/mol. The highest BCUT2D eigenvalue weighted by atomic mass is 19.4. The van der Waals surface area contributed by atoms with Crippen LogP contribution in [0.3, 0.4) is 0 Å². The second-order valence-electron chi connectivity index (χ2n) is 3.36. The lowest BCUT2D eigenvalue weighted by Gasteiger charge is -2.07. The zero-order valence-corrected chi connectivity index (χ0v) is 8.41. The van der Waals surface area contributed by atoms with Crippen LogP contribution in [0.2, 0.25) is 0 Å². The molecule has 7 heteroatoms. The molecule has 2 heterocycles. The Hall–Kier alpha value is -1.79. The van der Waals surface area contributed by atoms with Gasteiger partial charge in [0.1, 0.15) is 5.82 Å². The van der Waals surface area contributed by atoms with Crippen molar-refractivity contribution in [3.05, 3.63) is 35.9 Å². The molecule has 0 aliphatic carbocycles. The van der Waals surface area contributed by atoms with E-state index in [2.05, 4.69) is 15.0 Å². The number of aromatic amines is 1. The Kier molecular flexibility index (Phi) is 2.45. The van der Waals surface area contributed by atoms with E-state index in [1.54, 1.807) is 6.20 Å². The van der Waals surface area contributed by atoms with Crippen molar-refractivity contribution < 1.29 is 13.2 Å². The summed E-state index contributed by atoms with van der Waals surface area (Å²) in [7, 11) is 1.53. The van der Waals surface area contributed by atoms with Crippen molar-refractivity contribution >= 4 is 0 Å². The third-order valence-electron chi connectivity index (χ3n) is 2.22. The van der Waals surface area contributed by atoms with Gasteiger partial charge in [-0.3, -0.25) is 0 Å². The molecule has 16 heavy (non-hydrogen) atoms. The molecule has 0 radical (unpaired) electrons. The number of imidazole rings is 2. The molecular weight excluding hydrogens is 221 g/mol. The van der Waals surface area contributed by atoms with Gasteiger partial charge in [0.05, 0.1) is 12.0 Å². The fourth-order valence-corrected chi connectivity index (χ4v) is 1.45. The quantitative estimate of drug-likeness (QED) is 0.854. The molecule has 2 aromatic rings. The van der Waals surface area contributed by atoms with Gasteiger partial charge in [0.2, 0.25) is 0 Å². The van der Waals surface area contributed by atoms with E-state index in [4.69, 9.17) is 0 Å². The smallest absolute Gasteiger partial charge is 0.348 e. The molecule has 86 valence electrons. The van der Waals surface area contributed by atoms with Gasteiger partial charge in [0.15, 0.2) is 5.69 Å². The molecule has 0 unspecified atom stereocenters. The molecule has 0 spiro atoms. The number of hydrogen-bond acceptors (Lipinski definition) is 2. The van der Waals surface area contributed by atoms with Crippen LogP contribution in [0, 0.1) is 0 Å². The lowest BCUT2D eigenvalue weighted by molar-refractivity contribution is -0.141. The Morgan fingerprint density at radius 3 is 2.69 bits per heavy atom. The molecule has 0 saturated carbocycles. The molecule has 0 aromatic carbocycles. The van der Waals surface area contributed by atoms with Gasteiger partial charge in [-0.2, -0.15) is 13.2 Å². The van der Waals surface area contributed by atoms with E-state index in [1.165, 1.54) is 17.8 Å². The Morgan fingerprint density at radius 2 is 2.12 bits per heavy atom. The fraction of sp³-hybridized carbons (Fsp3) is 0.333. The maximum atomic E-state index is 12.6. The second-order valence-corrected chi connectivity index (χ2v) is 3.36. The number of nitrogens with zero attached hydrogens (tertiary/aromatic N) is 3. The average Bonchev–Trinajstić information content (AvgIpc) is 2.76. The maximum Gasteiger partial charge on any atom is 0.435 e. The molecule has 4 nitrogen and oxygen atoms in total. The highest BCUT2D eigenvalue weighted by Gasteiger charge is 2.37. The summed E-state index contributed by atoms with van der Waals surface area (Å²) in [6, 6.07) is 0. The van der Waals surface area contributed by atoms with Crippen LogP contribution in [0.15, 0.2) is 18.7 Å². The van der Waals surface area contributed by atoms with Crippen LogP contribution < -0.4 is 0 Å². The van der Waals surface area contributed by atoms with Gasteiger partial charge in [-0.25, -0.2) is 9.97 Å². The zero-order valence-electron chi connectivity index (χ0n) is 8.41. The minimum absolute atomic E-state index is 0.0817. The molecule has 1 N–H and O–H groups in total. The summed E-state index contributed by atoms with van der Waals surface area (Å²) < 4.78 is 39.1. The van der Waals surface area contributed by atoms with Gasteiger partial charge in [-0.15, -0.1) is 0 Å². The zero-order chi connectivity index (χ0) is 11.8. The van der Waals surface area contributed by atoms with Gasteiger partial charge in [0, 0.05) is 25.9 Å². The van der Waals surface area contributed by atoms with Crippen LogP contribution in [0.25, 0.3) is 0 Å².